The van der Waals surface area contributed by atoms with Gasteiger partial charge in [0, 0.05) is 18.2 Å². The number of rotatable bonds is 2. The number of carbonyl (C=O) groups is 1. The summed E-state index contributed by atoms with van der Waals surface area (Å²) in [6.45, 7) is 7.33. The average molecular weight is 318 g/mol. The van der Waals surface area contributed by atoms with Crippen LogP contribution in [0.1, 0.15) is 51.6 Å². The molecule has 1 aromatic carbocycles. The van der Waals surface area contributed by atoms with Gasteiger partial charge in [-0.25, -0.2) is 0 Å². The molecule has 1 fully saturated rings. The number of aliphatic hydroxyl groups excluding tert-OH is 1. The molecule has 2 heterocycles. The SMILES string of the molecule is CC(=O)Nc1ccc2c(c1)[C@@H](N1CCCCC1)[C@H](O)C(C)(C)O2. The number of nitrogens with zero attached hydrogens (tertiary/aromatic N) is 1. The van der Waals surface area contributed by atoms with Crippen molar-refractivity contribution in [2.24, 2.45) is 0 Å². The van der Waals surface area contributed by atoms with Crippen LogP contribution in [-0.4, -0.2) is 40.7 Å². The first-order valence-corrected chi connectivity index (χ1v) is 8.41. The molecule has 0 unspecified atom stereocenters. The molecule has 0 radical (unpaired) electrons. The molecule has 2 aliphatic heterocycles. The van der Waals surface area contributed by atoms with E-state index in [-0.39, 0.29) is 11.9 Å². The lowest BCUT2D eigenvalue weighted by molar-refractivity contribution is -0.114. The molecular formula is C18H26N2O3. The molecule has 126 valence electrons. The van der Waals surface area contributed by atoms with Crippen molar-refractivity contribution in [1.82, 2.24) is 4.90 Å². The number of piperidine rings is 1. The molecule has 1 saturated heterocycles. The van der Waals surface area contributed by atoms with Crippen LogP contribution in [-0.2, 0) is 4.79 Å². The number of anilines is 1. The maximum Gasteiger partial charge on any atom is 0.221 e. The molecule has 5 heteroatoms. The lowest BCUT2D eigenvalue weighted by atomic mass is 9.84. The maximum atomic E-state index is 11.3. The molecule has 0 saturated carbocycles. The second kappa shape index (κ2) is 6.13. The highest BCUT2D eigenvalue weighted by Crippen LogP contribution is 2.44. The highest BCUT2D eigenvalue weighted by atomic mass is 16.5. The number of ether oxygens (including phenoxy) is 1. The number of amides is 1. The minimum absolute atomic E-state index is 0.0947. The summed E-state index contributed by atoms with van der Waals surface area (Å²) in [6, 6.07) is 5.59. The minimum atomic E-state index is -0.634. The van der Waals surface area contributed by atoms with Crippen molar-refractivity contribution in [3.8, 4) is 5.75 Å². The Morgan fingerprint density at radius 3 is 2.65 bits per heavy atom. The zero-order valence-electron chi connectivity index (χ0n) is 14.1. The van der Waals surface area contributed by atoms with Gasteiger partial charge in [-0.1, -0.05) is 6.42 Å². The second-order valence-electron chi connectivity index (χ2n) is 7.13. The zero-order chi connectivity index (χ0) is 16.6. The van der Waals surface area contributed by atoms with Gasteiger partial charge in [0.15, 0.2) is 0 Å². The maximum absolute atomic E-state index is 11.3. The van der Waals surface area contributed by atoms with E-state index >= 15 is 0 Å². The molecule has 0 aliphatic carbocycles. The van der Waals surface area contributed by atoms with Crippen LogP contribution in [0.25, 0.3) is 0 Å². The monoisotopic (exact) mass is 318 g/mol. The van der Waals surface area contributed by atoms with E-state index in [0.29, 0.717) is 0 Å². The first-order valence-electron chi connectivity index (χ1n) is 8.41. The van der Waals surface area contributed by atoms with Crippen LogP contribution in [0.4, 0.5) is 5.69 Å². The molecule has 1 amide bonds. The molecule has 23 heavy (non-hydrogen) atoms. The summed E-state index contributed by atoms with van der Waals surface area (Å²) < 4.78 is 6.02. The van der Waals surface area contributed by atoms with Crippen molar-refractivity contribution < 1.29 is 14.6 Å². The number of carbonyl (C=O) groups excluding carboxylic acids is 1. The van der Waals surface area contributed by atoms with Gasteiger partial charge in [-0.15, -0.1) is 0 Å². The Bertz CT molecular complexity index is 594. The van der Waals surface area contributed by atoms with E-state index in [1.54, 1.807) is 0 Å². The van der Waals surface area contributed by atoms with Gasteiger partial charge < -0.3 is 15.2 Å². The topological polar surface area (TPSA) is 61.8 Å². The van der Waals surface area contributed by atoms with Crippen molar-refractivity contribution in [1.29, 1.82) is 0 Å². The van der Waals surface area contributed by atoms with Gasteiger partial charge in [-0.3, -0.25) is 9.69 Å². The quantitative estimate of drug-likeness (QED) is 0.880. The summed E-state index contributed by atoms with van der Waals surface area (Å²) in [4.78, 5) is 13.7. The lowest BCUT2D eigenvalue weighted by Crippen LogP contribution is -2.54. The number of aliphatic hydroxyl groups is 1. The number of nitrogens with one attached hydrogen (secondary N) is 1. The highest BCUT2D eigenvalue weighted by Gasteiger charge is 2.45. The van der Waals surface area contributed by atoms with Gasteiger partial charge in [0.25, 0.3) is 0 Å². The lowest BCUT2D eigenvalue weighted by Gasteiger charge is -2.47. The predicted octanol–water partition coefficient (Wildman–Crippen LogP) is 2.70. The fraction of sp³-hybridized carbons (Fsp3) is 0.611. The Balaban J connectivity index is 2.00. The van der Waals surface area contributed by atoms with E-state index in [9.17, 15) is 9.90 Å². The number of likely N-dealkylation sites (tertiary alicyclic amines) is 1. The molecule has 2 aliphatic rings. The molecule has 0 spiro atoms. The summed E-state index contributed by atoms with van der Waals surface area (Å²) in [7, 11) is 0. The molecule has 3 rings (SSSR count). The van der Waals surface area contributed by atoms with Crippen LogP contribution in [0.2, 0.25) is 0 Å². The van der Waals surface area contributed by atoms with E-state index in [1.807, 2.05) is 32.0 Å². The Labute approximate surface area is 137 Å². The van der Waals surface area contributed by atoms with Gasteiger partial charge in [0.2, 0.25) is 5.91 Å². The fourth-order valence-corrected chi connectivity index (χ4v) is 3.64. The van der Waals surface area contributed by atoms with Gasteiger partial charge in [0.1, 0.15) is 17.5 Å². The number of hydrogen-bond acceptors (Lipinski definition) is 4. The number of fused-ring (bicyclic) bond motifs is 1. The standard InChI is InChI=1S/C18H26N2O3/c1-12(21)19-13-7-8-15-14(11-13)16(17(22)18(2,3)23-15)20-9-5-4-6-10-20/h7-8,11,16-17,22H,4-6,9-10H2,1-3H3,(H,19,21)/t16-,17+/m1/s1. The highest BCUT2D eigenvalue weighted by molar-refractivity contribution is 5.88. The molecule has 0 aromatic heterocycles. The van der Waals surface area contributed by atoms with E-state index in [4.69, 9.17) is 4.74 Å². The summed E-state index contributed by atoms with van der Waals surface area (Å²) in [6.07, 6.45) is 2.95. The summed E-state index contributed by atoms with van der Waals surface area (Å²) >= 11 is 0. The number of hydrogen-bond donors (Lipinski definition) is 2. The molecule has 1 aromatic rings. The van der Waals surface area contributed by atoms with Gasteiger partial charge >= 0.3 is 0 Å². The van der Waals surface area contributed by atoms with E-state index < -0.39 is 11.7 Å². The van der Waals surface area contributed by atoms with Gasteiger partial charge in [0.05, 0.1) is 6.04 Å². The third kappa shape index (κ3) is 3.21. The Hall–Kier alpha value is -1.59. The van der Waals surface area contributed by atoms with Crippen molar-refractivity contribution in [2.45, 2.75) is 57.8 Å². The van der Waals surface area contributed by atoms with Gasteiger partial charge in [-0.2, -0.15) is 0 Å². The summed E-state index contributed by atoms with van der Waals surface area (Å²) in [5.41, 5.74) is 1.07. The van der Waals surface area contributed by atoms with E-state index in [0.717, 1.165) is 42.9 Å². The zero-order valence-corrected chi connectivity index (χ0v) is 14.1. The first-order chi connectivity index (χ1) is 10.9. The molecule has 2 atom stereocenters. The average Bonchev–Trinajstić information content (AvgIpc) is 2.49. The van der Waals surface area contributed by atoms with E-state index in [1.165, 1.54) is 13.3 Å². The largest absolute Gasteiger partial charge is 0.485 e. The molecule has 2 N–H and O–H groups in total. The van der Waals surface area contributed by atoms with Crippen molar-refractivity contribution in [2.75, 3.05) is 18.4 Å². The fourth-order valence-electron chi connectivity index (χ4n) is 3.64. The van der Waals surface area contributed by atoms with Gasteiger partial charge in [-0.05, 0) is 58.0 Å². The van der Waals surface area contributed by atoms with Crippen LogP contribution in [0.3, 0.4) is 0 Å². The molecular weight excluding hydrogens is 292 g/mol. The van der Waals surface area contributed by atoms with Crippen LogP contribution in [0.5, 0.6) is 5.75 Å². The second-order valence-corrected chi connectivity index (χ2v) is 7.13. The van der Waals surface area contributed by atoms with Crippen molar-refractivity contribution in [3.05, 3.63) is 23.8 Å². The Morgan fingerprint density at radius 2 is 2.00 bits per heavy atom. The predicted molar refractivity (Wildman–Crippen MR) is 89.6 cm³/mol. The minimum Gasteiger partial charge on any atom is -0.485 e. The smallest absolute Gasteiger partial charge is 0.221 e. The third-order valence-electron chi connectivity index (χ3n) is 4.82. The number of benzene rings is 1. The summed E-state index contributed by atoms with van der Waals surface area (Å²) in [5, 5.41) is 13.7. The Morgan fingerprint density at radius 1 is 1.30 bits per heavy atom. The first kappa shape index (κ1) is 16.3. The Kier molecular flexibility index (Phi) is 4.34. The molecule has 0 bridgehead atoms. The van der Waals surface area contributed by atoms with Crippen LogP contribution in [0, 0.1) is 0 Å². The third-order valence-corrected chi connectivity index (χ3v) is 4.82. The van der Waals surface area contributed by atoms with Crippen LogP contribution < -0.4 is 10.1 Å². The summed E-state index contributed by atoms with van der Waals surface area (Å²) in [5.74, 6) is 0.696. The van der Waals surface area contributed by atoms with Crippen molar-refractivity contribution >= 4 is 11.6 Å². The normalized spacial score (nSPS) is 27.0. The molecule has 5 nitrogen and oxygen atoms in total. The van der Waals surface area contributed by atoms with E-state index in [2.05, 4.69) is 10.2 Å². The van der Waals surface area contributed by atoms with Crippen LogP contribution >= 0.6 is 0 Å². The van der Waals surface area contributed by atoms with Crippen molar-refractivity contribution in [3.63, 3.8) is 0 Å². The van der Waals surface area contributed by atoms with Crippen LogP contribution in [0.15, 0.2) is 18.2 Å².